The van der Waals surface area contributed by atoms with Crippen molar-refractivity contribution in [2.75, 3.05) is 7.11 Å². The SMILES string of the molecule is COC(=O)C1=CC(CC2Cc3c(cccc3-c3cccc(C(F)(F)F)c3)C2=O)=CCC1. The Bertz CT molecular complexity index is 1110. The number of esters is 1. The van der Waals surface area contributed by atoms with Gasteiger partial charge in [-0.25, -0.2) is 4.79 Å². The maximum absolute atomic E-state index is 13.2. The summed E-state index contributed by atoms with van der Waals surface area (Å²) < 4.78 is 44.3. The van der Waals surface area contributed by atoms with Crippen LogP contribution in [0, 0.1) is 5.92 Å². The molecule has 0 heterocycles. The molecule has 2 aromatic rings. The molecule has 1 unspecified atom stereocenters. The molecule has 160 valence electrons. The van der Waals surface area contributed by atoms with Crippen molar-refractivity contribution in [2.45, 2.75) is 31.9 Å². The first-order chi connectivity index (χ1) is 14.8. The summed E-state index contributed by atoms with van der Waals surface area (Å²) in [4.78, 5) is 24.9. The fraction of sp³-hybridized carbons (Fsp3) is 0.280. The first-order valence-corrected chi connectivity index (χ1v) is 10.1. The number of methoxy groups -OCH3 is 1. The first-order valence-electron chi connectivity index (χ1n) is 10.1. The molecule has 0 aliphatic heterocycles. The van der Waals surface area contributed by atoms with Gasteiger partial charge in [0, 0.05) is 17.1 Å². The average molecular weight is 426 g/mol. The molecule has 1 atom stereocenters. The fourth-order valence-corrected chi connectivity index (χ4v) is 4.38. The zero-order chi connectivity index (χ0) is 22.2. The van der Waals surface area contributed by atoms with E-state index < -0.39 is 11.7 Å². The molecular formula is C25H21F3O3. The summed E-state index contributed by atoms with van der Waals surface area (Å²) in [5.74, 6) is -0.678. The van der Waals surface area contributed by atoms with Crippen LogP contribution < -0.4 is 0 Å². The molecule has 0 bridgehead atoms. The molecule has 2 aliphatic carbocycles. The van der Waals surface area contributed by atoms with Gasteiger partial charge in [-0.3, -0.25) is 4.79 Å². The van der Waals surface area contributed by atoms with E-state index in [-0.39, 0.29) is 17.7 Å². The Morgan fingerprint density at radius 2 is 1.87 bits per heavy atom. The maximum atomic E-state index is 13.2. The first kappa shape index (κ1) is 21.1. The summed E-state index contributed by atoms with van der Waals surface area (Å²) in [6.45, 7) is 0. The normalized spacial score (nSPS) is 18.3. The van der Waals surface area contributed by atoms with Gasteiger partial charge in [-0.2, -0.15) is 13.2 Å². The van der Waals surface area contributed by atoms with Crippen molar-refractivity contribution in [3.63, 3.8) is 0 Å². The second-order valence-electron chi connectivity index (χ2n) is 7.86. The van der Waals surface area contributed by atoms with Gasteiger partial charge in [-0.15, -0.1) is 0 Å². The van der Waals surface area contributed by atoms with E-state index in [1.54, 1.807) is 30.3 Å². The zero-order valence-corrected chi connectivity index (χ0v) is 17.0. The van der Waals surface area contributed by atoms with Crippen molar-refractivity contribution in [3.05, 3.63) is 82.5 Å². The number of carbonyl (C=O) groups is 2. The number of hydrogen-bond acceptors (Lipinski definition) is 3. The van der Waals surface area contributed by atoms with Gasteiger partial charge < -0.3 is 4.74 Å². The van der Waals surface area contributed by atoms with Crippen molar-refractivity contribution in [1.29, 1.82) is 0 Å². The number of ketones is 1. The number of alkyl halides is 3. The lowest BCUT2D eigenvalue weighted by Crippen LogP contribution is -2.12. The molecule has 0 amide bonds. The second-order valence-corrected chi connectivity index (χ2v) is 7.86. The van der Waals surface area contributed by atoms with Gasteiger partial charge in [-0.1, -0.05) is 42.0 Å². The topological polar surface area (TPSA) is 43.4 Å². The van der Waals surface area contributed by atoms with E-state index in [4.69, 9.17) is 4.74 Å². The van der Waals surface area contributed by atoms with Crippen molar-refractivity contribution in [2.24, 2.45) is 5.92 Å². The lowest BCUT2D eigenvalue weighted by atomic mass is 9.90. The number of Topliss-reactive ketones (excluding diaryl/α,β-unsaturated/α-hetero) is 1. The largest absolute Gasteiger partial charge is 0.466 e. The minimum atomic E-state index is -4.43. The van der Waals surface area contributed by atoms with Crippen LogP contribution >= 0.6 is 0 Å². The highest BCUT2D eigenvalue weighted by Crippen LogP contribution is 2.39. The molecule has 0 fully saturated rings. The molecule has 2 aliphatic rings. The smallest absolute Gasteiger partial charge is 0.416 e. The van der Waals surface area contributed by atoms with Gasteiger partial charge >= 0.3 is 12.1 Å². The van der Waals surface area contributed by atoms with E-state index in [9.17, 15) is 22.8 Å². The Kier molecular flexibility index (Phi) is 5.56. The predicted octanol–water partition coefficient (Wildman–Crippen LogP) is 5.94. The molecule has 0 radical (unpaired) electrons. The van der Waals surface area contributed by atoms with Crippen LogP contribution in [-0.2, 0) is 22.1 Å². The van der Waals surface area contributed by atoms with Crippen molar-refractivity contribution < 1.29 is 27.5 Å². The third kappa shape index (κ3) is 4.20. The molecule has 2 aromatic carbocycles. The number of rotatable bonds is 4. The van der Waals surface area contributed by atoms with Crippen LogP contribution in [0.3, 0.4) is 0 Å². The van der Waals surface area contributed by atoms with Crippen LogP contribution in [0.15, 0.2) is 65.8 Å². The molecule has 0 saturated heterocycles. The Balaban J connectivity index is 1.62. The monoisotopic (exact) mass is 426 g/mol. The highest BCUT2D eigenvalue weighted by atomic mass is 19.4. The molecule has 0 saturated carbocycles. The standard InChI is InChI=1S/C25H21F3O3/c1-31-24(30)17-7-2-5-15(11-17)12-18-14-22-20(9-4-10-21(22)23(18)29)16-6-3-8-19(13-16)25(26,27)28/h3-6,8-11,13,18H,2,7,12,14H2,1H3. The van der Waals surface area contributed by atoms with Crippen molar-refractivity contribution >= 4 is 11.8 Å². The van der Waals surface area contributed by atoms with Gasteiger partial charge in [0.15, 0.2) is 5.78 Å². The fourth-order valence-electron chi connectivity index (χ4n) is 4.38. The number of allylic oxidation sites excluding steroid dienone is 3. The number of halogens is 3. The highest BCUT2D eigenvalue weighted by molar-refractivity contribution is 6.04. The summed E-state index contributed by atoms with van der Waals surface area (Å²) in [5, 5.41) is 0. The summed E-state index contributed by atoms with van der Waals surface area (Å²) in [6, 6.07) is 10.4. The van der Waals surface area contributed by atoms with Gasteiger partial charge in [0.05, 0.1) is 12.7 Å². The Morgan fingerprint density at radius 3 is 2.61 bits per heavy atom. The molecule has 0 N–H and O–H groups in total. The molecule has 6 heteroatoms. The van der Waals surface area contributed by atoms with E-state index >= 15 is 0 Å². The third-order valence-electron chi connectivity index (χ3n) is 5.87. The van der Waals surface area contributed by atoms with Crippen LogP contribution in [-0.4, -0.2) is 18.9 Å². The molecule has 0 spiro atoms. The number of carbonyl (C=O) groups excluding carboxylic acids is 2. The minimum absolute atomic E-state index is 0.0108. The van der Waals surface area contributed by atoms with E-state index in [1.165, 1.54) is 13.2 Å². The maximum Gasteiger partial charge on any atom is 0.416 e. The number of benzene rings is 2. The second kappa shape index (κ2) is 8.17. The number of fused-ring (bicyclic) bond motifs is 1. The molecule has 0 aromatic heterocycles. The molecule has 31 heavy (non-hydrogen) atoms. The number of ether oxygens (including phenoxy) is 1. The Morgan fingerprint density at radius 1 is 1.13 bits per heavy atom. The van der Waals surface area contributed by atoms with Crippen LogP contribution in [0.5, 0.6) is 0 Å². The van der Waals surface area contributed by atoms with E-state index in [0.717, 1.165) is 23.3 Å². The third-order valence-corrected chi connectivity index (χ3v) is 5.87. The molecule has 3 nitrogen and oxygen atoms in total. The van der Waals surface area contributed by atoms with Gasteiger partial charge in [-0.05, 0) is 60.6 Å². The lowest BCUT2D eigenvalue weighted by molar-refractivity contribution is -0.138. The van der Waals surface area contributed by atoms with E-state index in [0.29, 0.717) is 47.9 Å². The zero-order valence-electron chi connectivity index (χ0n) is 17.0. The van der Waals surface area contributed by atoms with Crippen molar-refractivity contribution in [1.82, 2.24) is 0 Å². The summed E-state index contributed by atoms with van der Waals surface area (Å²) in [7, 11) is 1.34. The van der Waals surface area contributed by atoms with Gasteiger partial charge in [0.2, 0.25) is 0 Å². The predicted molar refractivity (Wildman–Crippen MR) is 110 cm³/mol. The van der Waals surface area contributed by atoms with Crippen molar-refractivity contribution in [3.8, 4) is 11.1 Å². The molecule has 4 rings (SSSR count). The average Bonchev–Trinajstić information content (AvgIpc) is 3.08. The lowest BCUT2D eigenvalue weighted by Gasteiger charge is -2.15. The summed E-state index contributed by atoms with van der Waals surface area (Å²) >= 11 is 0. The van der Waals surface area contributed by atoms with Crippen LogP contribution in [0.25, 0.3) is 11.1 Å². The summed E-state index contributed by atoms with van der Waals surface area (Å²) in [6.07, 6.45) is 1.64. The van der Waals surface area contributed by atoms with Crippen LogP contribution in [0.1, 0.15) is 40.7 Å². The quantitative estimate of drug-likeness (QED) is 0.569. The minimum Gasteiger partial charge on any atom is -0.466 e. The van der Waals surface area contributed by atoms with Crippen LogP contribution in [0.2, 0.25) is 0 Å². The Hall–Kier alpha value is -3.15. The highest BCUT2D eigenvalue weighted by Gasteiger charge is 2.34. The number of hydrogen-bond donors (Lipinski definition) is 0. The van der Waals surface area contributed by atoms with E-state index in [1.807, 2.05) is 6.08 Å². The Labute approximate surface area is 178 Å². The summed E-state index contributed by atoms with van der Waals surface area (Å²) in [5.41, 5.74) is 3.24. The molecular weight excluding hydrogens is 405 g/mol. The van der Waals surface area contributed by atoms with Crippen LogP contribution in [0.4, 0.5) is 13.2 Å². The van der Waals surface area contributed by atoms with Gasteiger partial charge in [0.25, 0.3) is 0 Å². The van der Waals surface area contributed by atoms with Gasteiger partial charge in [0.1, 0.15) is 0 Å². The van der Waals surface area contributed by atoms with E-state index in [2.05, 4.69) is 0 Å².